The minimum Gasteiger partial charge on any atom is -0.465 e. The lowest BCUT2D eigenvalue weighted by molar-refractivity contribution is -0.126. The van der Waals surface area contributed by atoms with E-state index in [1.807, 2.05) is 13.8 Å². The number of carbonyl (C=O) groups excluding carboxylic acids is 2. The van der Waals surface area contributed by atoms with Crippen LogP contribution in [-0.2, 0) is 16.1 Å². The zero-order valence-corrected chi connectivity index (χ0v) is 12.2. The van der Waals surface area contributed by atoms with Gasteiger partial charge >= 0.3 is 5.97 Å². The molecule has 0 spiro atoms. The summed E-state index contributed by atoms with van der Waals surface area (Å²) in [5, 5.41) is 2.82. The molecule has 3 N–H and O–H groups in total. The molecule has 1 aromatic carbocycles. The van der Waals surface area contributed by atoms with E-state index in [9.17, 15) is 9.59 Å². The van der Waals surface area contributed by atoms with Gasteiger partial charge in [0.25, 0.3) is 0 Å². The third-order valence-corrected chi connectivity index (χ3v) is 3.54. The van der Waals surface area contributed by atoms with Crippen LogP contribution in [0.5, 0.6) is 0 Å². The number of hydrogen-bond donors (Lipinski definition) is 2. The zero-order valence-electron chi connectivity index (χ0n) is 12.2. The molecule has 20 heavy (non-hydrogen) atoms. The van der Waals surface area contributed by atoms with Crippen LogP contribution in [-0.4, -0.2) is 24.5 Å². The molecule has 5 heteroatoms. The first kappa shape index (κ1) is 16.2. The fourth-order valence-electron chi connectivity index (χ4n) is 1.81. The van der Waals surface area contributed by atoms with E-state index in [0.717, 1.165) is 5.56 Å². The Labute approximate surface area is 119 Å². The summed E-state index contributed by atoms with van der Waals surface area (Å²) < 4.78 is 4.62. The van der Waals surface area contributed by atoms with Gasteiger partial charge in [-0.05, 0) is 30.5 Å². The quantitative estimate of drug-likeness (QED) is 0.775. The SMILES string of the molecule is CCC(N)(CC)C(=O)NCc1ccc(C(=O)OC)cc1. The van der Waals surface area contributed by atoms with E-state index in [-0.39, 0.29) is 11.9 Å². The van der Waals surface area contributed by atoms with Crippen molar-refractivity contribution in [3.63, 3.8) is 0 Å². The fraction of sp³-hybridized carbons (Fsp3) is 0.467. The van der Waals surface area contributed by atoms with Crippen molar-refractivity contribution in [3.05, 3.63) is 35.4 Å². The highest BCUT2D eigenvalue weighted by Crippen LogP contribution is 2.12. The maximum atomic E-state index is 12.0. The molecule has 0 radical (unpaired) electrons. The van der Waals surface area contributed by atoms with Gasteiger partial charge in [-0.2, -0.15) is 0 Å². The Bertz CT molecular complexity index is 465. The highest BCUT2D eigenvalue weighted by atomic mass is 16.5. The van der Waals surface area contributed by atoms with Gasteiger partial charge in [0.1, 0.15) is 0 Å². The molecule has 0 aromatic heterocycles. The second kappa shape index (κ2) is 7.05. The maximum Gasteiger partial charge on any atom is 0.337 e. The Balaban J connectivity index is 2.62. The third-order valence-electron chi connectivity index (χ3n) is 3.54. The molecule has 0 aliphatic heterocycles. The van der Waals surface area contributed by atoms with Gasteiger partial charge in [0.05, 0.1) is 18.2 Å². The van der Waals surface area contributed by atoms with Crippen molar-refractivity contribution < 1.29 is 14.3 Å². The summed E-state index contributed by atoms with van der Waals surface area (Å²) in [5.74, 6) is -0.530. The number of ether oxygens (including phenoxy) is 1. The molecule has 0 aliphatic rings. The van der Waals surface area contributed by atoms with E-state index in [1.165, 1.54) is 7.11 Å². The van der Waals surface area contributed by atoms with Crippen LogP contribution in [0, 0.1) is 0 Å². The summed E-state index contributed by atoms with van der Waals surface area (Å²) in [7, 11) is 1.34. The lowest BCUT2D eigenvalue weighted by Gasteiger charge is -2.25. The molecule has 1 amide bonds. The van der Waals surface area contributed by atoms with E-state index in [0.29, 0.717) is 24.9 Å². The monoisotopic (exact) mass is 278 g/mol. The predicted octanol–water partition coefficient (Wildman–Crippen LogP) is 1.61. The van der Waals surface area contributed by atoms with Crippen LogP contribution < -0.4 is 11.1 Å². The van der Waals surface area contributed by atoms with E-state index in [1.54, 1.807) is 24.3 Å². The fourth-order valence-corrected chi connectivity index (χ4v) is 1.81. The van der Waals surface area contributed by atoms with Crippen LogP contribution in [0.4, 0.5) is 0 Å². The van der Waals surface area contributed by atoms with Gasteiger partial charge < -0.3 is 15.8 Å². The number of amides is 1. The van der Waals surface area contributed by atoms with Crippen molar-refractivity contribution >= 4 is 11.9 Å². The second-order valence-corrected chi connectivity index (χ2v) is 4.73. The van der Waals surface area contributed by atoms with Crippen molar-refractivity contribution in [2.75, 3.05) is 7.11 Å². The van der Waals surface area contributed by atoms with Gasteiger partial charge in [-0.1, -0.05) is 26.0 Å². The summed E-state index contributed by atoms with van der Waals surface area (Å²) in [6, 6.07) is 6.90. The van der Waals surface area contributed by atoms with Crippen molar-refractivity contribution in [2.24, 2.45) is 5.73 Å². The lowest BCUT2D eigenvalue weighted by Crippen LogP contribution is -2.52. The van der Waals surface area contributed by atoms with Gasteiger partial charge in [0.15, 0.2) is 0 Å². The Kier molecular flexibility index (Phi) is 5.70. The van der Waals surface area contributed by atoms with Crippen LogP contribution in [0.15, 0.2) is 24.3 Å². The molecule has 0 fully saturated rings. The first-order chi connectivity index (χ1) is 9.46. The van der Waals surface area contributed by atoms with Gasteiger partial charge in [-0.25, -0.2) is 4.79 Å². The standard InChI is InChI=1S/C15H22N2O3/c1-4-15(16,5-2)14(19)17-10-11-6-8-12(9-7-11)13(18)20-3/h6-9H,4-5,10,16H2,1-3H3,(H,17,19). The van der Waals surface area contributed by atoms with Crippen LogP contribution in [0.2, 0.25) is 0 Å². The number of rotatable bonds is 6. The highest BCUT2D eigenvalue weighted by molar-refractivity contribution is 5.89. The average Bonchev–Trinajstić information content (AvgIpc) is 2.51. The van der Waals surface area contributed by atoms with Crippen molar-refractivity contribution in [2.45, 2.75) is 38.8 Å². The maximum absolute atomic E-state index is 12.0. The van der Waals surface area contributed by atoms with Crippen LogP contribution in [0.3, 0.4) is 0 Å². The van der Waals surface area contributed by atoms with Crippen LogP contribution >= 0.6 is 0 Å². The molecule has 0 aliphatic carbocycles. The molecule has 0 bridgehead atoms. The average molecular weight is 278 g/mol. The number of benzene rings is 1. The van der Waals surface area contributed by atoms with Crippen molar-refractivity contribution in [3.8, 4) is 0 Å². The Morgan fingerprint density at radius 1 is 1.20 bits per heavy atom. The first-order valence-electron chi connectivity index (χ1n) is 6.71. The molecule has 0 atom stereocenters. The largest absolute Gasteiger partial charge is 0.465 e. The molecule has 0 saturated carbocycles. The van der Waals surface area contributed by atoms with Crippen molar-refractivity contribution in [1.29, 1.82) is 0 Å². The molecule has 1 rings (SSSR count). The number of esters is 1. The van der Waals surface area contributed by atoms with E-state index in [4.69, 9.17) is 5.73 Å². The number of nitrogens with one attached hydrogen (secondary N) is 1. The Morgan fingerprint density at radius 3 is 2.20 bits per heavy atom. The number of carbonyl (C=O) groups is 2. The molecular weight excluding hydrogens is 256 g/mol. The summed E-state index contributed by atoms with van der Waals surface area (Å²) in [6.07, 6.45) is 1.19. The molecule has 0 unspecified atom stereocenters. The van der Waals surface area contributed by atoms with Gasteiger partial charge in [-0.3, -0.25) is 4.79 Å². The van der Waals surface area contributed by atoms with E-state index >= 15 is 0 Å². The molecular formula is C15H22N2O3. The smallest absolute Gasteiger partial charge is 0.337 e. The van der Waals surface area contributed by atoms with E-state index in [2.05, 4.69) is 10.1 Å². The van der Waals surface area contributed by atoms with Gasteiger partial charge in [-0.15, -0.1) is 0 Å². The number of hydrogen-bond acceptors (Lipinski definition) is 4. The second-order valence-electron chi connectivity index (χ2n) is 4.73. The van der Waals surface area contributed by atoms with E-state index < -0.39 is 5.54 Å². The van der Waals surface area contributed by atoms with Gasteiger partial charge in [0.2, 0.25) is 5.91 Å². The normalized spacial score (nSPS) is 11.0. The predicted molar refractivity (Wildman–Crippen MR) is 77.1 cm³/mol. The Morgan fingerprint density at radius 2 is 1.75 bits per heavy atom. The topological polar surface area (TPSA) is 81.4 Å². The van der Waals surface area contributed by atoms with Crippen molar-refractivity contribution in [1.82, 2.24) is 5.32 Å². The summed E-state index contributed by atoms with van der Waals surface area (Å²) >= 11 is 0. The summed E-state index contributed by atoms with van der Waals surface area (Å²) in [4.78, 5) is 23.3. The molecule has 5 nitrogen and oxygen atoms in total. The molecule has 0 saturated heterocycles. The number of methoxy groups -OCH3 is 1. The number of nitrogens with two attached hydrogens (primary N) is 1. The van der Waals surface area contributed by atoms with Crippen LogP contribution in [0.25, 0.3) is 0 Å². The highest BCUT2D eigenvalue weighted by Gasteiger charge is 2.29. The molecule has 110 valence electrons. The minimum atomic E-state index is -0.814. The minimum absolute atomic E-state index is 0.153. The van der Waals surface area contributed by atoms with Gasteiger partial charge in [0, 0.05) is 6.54 Å². The summed E-state index contributed by atoms with van der Waals surface area (Å²) in [5.41, 5.74) is 6.59. The zero-order chi connectivity index (χ0) is 15.2. The Hall–Kier alpha value is -1.88. The summed E-state index contributed by atoms with van der Waals surface area (Å²) in [6.45, 7) is 4.18. The molecule has 1 aromatic rings. The van der Waals surface area contributed by atoms with Crippen LogP contribution in [0.1, 0.15) is 42.6 Å². The first-order valence-corrected chi connectivity index (χ1v) is 6.71. The third kappa shape index (κ3) is 3.81. The molecule has 0 heterocycles. The lowest BCUT2D eigenvalue weighted by atomic mass is 9.93.